The van der Waals surface area contributed by atoms with Crippen LogP contribution in [-0.2, 0) is 19.0 Å². The van der Waals surface area contributed by atoms with Crippen LogP contribution in [0, 0.1) is 0 Å². The van der Waals surface area contributed by atoms with Crippen LogP contribution in [-0.4, -0.2) is 37.0 Å². The van der Waals surface area contributed by atoms with Crippen molar-refractivity contribution in [3.63, 3.8) is 0 Å². The second kappa shape index (κ2) is 5.14. The van der Waals surface area contributed by atoms with Gasteiger partial charge in [-0.3, -0.25) is 4.79 Å². The van der Waals surface area contributed by atoms with Gasteiger partial charge < -0.3 is 14.2 Å². The molecule has 0 saturated carbocycles. The van der Waals surface area contributed by atoms with Gasteiger partial charge in [0, 0.05) is 12.3 Å². The number of alkyl halides is 1. The lowest BCUT2D eigenvalue weighted by molar-refractivity contribution is -0.295. The molecule has 0 spiro atoms. The monoisotopic (exact) mass is 236 g/mol. The van der Waals surface area contributed by atoms with Crippen molar-refractivity contribution in [2.24, 2.45) is 0 Å². The minimum atomic E-state index is -0.684. The molecule has 0 N–H and O–H groups in total. The second-order valence-electron chi connectivity index (χ2n) is 4.05. The Balaban J connectivity index is 2.54. The van der Waals surface area contributed by atoms with E-state index in [1.807, 2.05) is 13.8 Å². The summed E-state index contributed by atoms with van der Waals surface area (Å²) in [6, 6.07) is 0. The van der Waals surface area contributed by atoms with Gasteiger partial charge in [0.2, 0.25) is 0 Å². The Morgan fingerprint density at radius 3 is 2.60 bits per heavy atom. The summed E-state index contributed by atoms with van der Waals surface area (Å²) in [5.41, 5.74) is 0. The minimum Gasteiger partial charge on any atom is -0.469 e. The van der Waals surface area contributed by atoms with E-state index in [9.17, 15) is 4.79 Å². The average Bonchev–Trinajstić information content (AvgIpc) is 2.15. The zero-order valence-corrected chi connectivity index (χ0v) is 10.0. The Morgan fingerprint density at radius 1 is 1.47 bits per heavy atom. The maximum absolute atomic E-state index is 11.1. The molecule has 1 fully saturated rings. The first-order valence-corrected chi connectivity index (χ1v) is 5.48. The number of hydrogen-bond donors (Lipinski definition) is 0. The first kappa shape index (κ1) is 12.7. The normalized spacial score (nSPS) is 29.9. The summed E-state index contributed by atoms with van der Waals surface area (Å²) >= 11 is 5.75. The van der Waals surface area contributed by atoms with E-state index in [0.29, 0.717) is 12.3 Å². The predicted molar refractivity (Wildman–Crippen MR) is 55.8 cm³/mol. The zero-order valence-electron chi connectivity index (χ0n) is 9.29. The molecule has 0 aliphatic carbocycles. The quantitative estimate of drug-likeness (QED) is 0.553. The van der Waals surface area contributed by atoms with Crippen molar-refractivity contribution in [1.29, 1.82) is 0 Å². The molecule has 0 radical (unpaired) electrons. The minimum absolute atomic E-state index is 0.0647. The van der Waals surface area contributed by atoms with Crippen LogP contribution >= 0.6 is 11.6 Å². The highest BCUT2D eigenvalue weighted by Gasteiger charge is 2.36. The predicted octanol–water partition coefficient (Wildman–Crippen LogP) is 1.70. The van der Waals surface area contributed by atoms with E-state index >= 15 is 0 Å². The number of ether oxygens (including phenoxy) is 3. The van der Waals surface area contributed by atoms with Crippen LogP contribution in [0.1, 0.15) is 26.7 Å². The summed E-state index contributed by atoms with van der Waals surface area (Å²) < 4.78 is 15.8. The van der Waals surface area contributed by atoms with Crippen molar-refractivity contribution in [1.82, 2.24) is 0 Å². The Kier molecular flexibility index (Phi) is 4.37. The molecule has 1 heterocycles. The molecule has 0 aromatic rings. The summed E-state index contributed by atoms with van der Waals surface area (Å²) in [5.74, 6) is -0.549. The van der Waals surface area contributed by atoms with E-state index in [1.165, 1.54) is 7.11 Å². The maximum atomic E-state index is 11.1. The molecule has 2 atom stereocenters. The molecule has 1 unspecified atom stereocenters. The summed E-state index contributed by atoms with van der Waals surface area (Å²) in [6.45, 7) is 3.63. The number of rotatable bonds is 3. The topological polar surface area (TPSA) is 44.8 Å². The molecular weight excluding hydrogens is 220 g/mol. The van der Waals surface area contributed by atoms with Gasteiger partial charge in [0.25, 0.3) is 0 Å². The Morgan fingerprint density at radius 2 is 2.07 bits per heavy atom. The zero-order chi connectivity index (χ0) is 11.5. The largest absolute Gasteiger partial charge is 0.469 e. The van der Waals surface area contributed by atoms with E-state index in [-0.39, 0.29) is 24.6 Å². The second-order valence-corrected chi connectivity index (χ2v) is 4.36. The third kappa shape index (κ3) is 3.97. The Labute approximate surface area is 94.8 Å². The fraction of sp³-hybridized carbons (Fsp3) is 0.900. The van der Waals surface area contributed by atoms with Gasteiger partial charge >= 0.3 is 5.97 Å². The summed E-state index contributed by atoms with van der Waals surface area (Å²) in [4.78, 5) is 11.1. The van der Waals surface area contributed by atoms with Crippen LogP contribution in [0.4, 0.5) is 0 Å². The first-order valence-electron chi connectivity index (χ1n) is 4.95. The summed E-state index contributed by atoms with van der Waals surface area (Å²) in [7, 11) is 1.37. The number of carbonyl (C=O) groups is 1. The molecule has 1 rings (SSSR count). The van der Waals surface area contributed by atoms with Crippen LogP contribution in [0.2, 0.25) is 0 Å². The number of carbonyl (C=O) groups excluding carboxylic acids is 1. The van der Waals surface area contributed by atoms with Gasteiger partial charge in [0.1, 0.15) is 0 Å². The Bertz CT molecular complexity index is 229. The van der Waals surface area contributed by atoms with Crippen LogP contribution in [0.15, 0.2) is 0 Å². The van der Waals surface area contributed by atoms with Gasteiger partial charge in [-0.1, -0.05) is 0 Å². The van der Waals surface area contributed by atoms with Gasteiger partial charge in [-0.05, 0) is 13.8 Å². The lowest BCUT2D eigenvalue weighted by Crippen LogP contribution is -2.46. The van der Waals surface area contributed by atoms with Crippen LogP contribution in [0.3, 0.4) is 0 Å². The fourth-order valence-corrected chi connectivity index (χ4v) is 1.90. The van der Waals surface area contributed by atoms with E-state index in [4.69, 9.17) is 21.1 Å². The van der Waals surface area contributed by atoms with Crippen molar-refractivity contribution in [2.45, 2.75) is 44.7 Å². The molecule has 0 aromatic heterocycles. The molecule has 88 valence electrons. The van der Waals surface area contributed by atoms with Gasteiger partial charge in [-0.15, -0.1) is 11.6 Å². The Hall–Kier alpha value is -0.320. The molecule has 1 aliphatic heterocycles. The van der Waals surface area contributed by atoms with Gasteiger partial charge in [0.05, 0.1) is 25.7 Å². The fourth-order valence-electron chi connectivity index (χ4n) is 1.71. The van der Waals surface area contributed by atoms with Gasteiger partial charge in [0.15, 0.2) is 5.79 Å². The molecule has 0 bridgehead atoms. The third-order valence-electron chi connectivity index (χ3n) is 2.22. The van der Waals surface area contributed by atoms with Gasteiger partial charge in [-0.25, -0.2) is 0 Å². The van der Waals surface area contributed by atoms with Gasteiger partial charge in [-0.2, -0.15) is 0 Å². The molecular formula is C10H17ClO4. The summed E-state index contributed by atoms with van der Waals surface area (Å²) in [5, 5.41) is 0. The number of halogens is 1. The molecule has 4 nitrogen and oxygen atoms in total. The lowest BCUT2D eigenvalue weighted by atomic mass is 10.1. The van der Waals surface area contributed by atoms with Crippen LogP contribution in [0.5, 0.6) is 0 Å². The van der Waals surface area contributed by atoms with E-state index < -0.39 is 5.79 Å². The molecule has 0 amide bonds. The molecule has 1 aliphatic rings. The SMILES string of the molecule is COC(=O)C[C@@H]1CC(CCl)OC(C)(C)O1. The smallest absolute Gasteiger partial charge is 0.308 e. The molecule has 15 heavy (non-hydrogen) atoms. The third-order valence-corrected chi connectivity index (χ3v) is 2.57. The van der Waals surface area contributed by atoms with Crippen molar-refractivity contribution in [2.75, 3.05) is 13.0 Å². The van der Waals surface area contributed by atoms with E-state index in [1.54, 1.807) is 0 Å². The highest BCUT2D eigenvalue weighted by Crippen LogP contribution is 2.28. The first-order chi connectivity index (χ1) is 6.96. The summed E-state index contributed by atoms with van der Waals surface area (Å²) in [6.07, 6.45) is 0.633. The number of methoxy groups -OCH3 is 1. The van der Waals surface area contributed by atoms with Crippen molar-refractivity contribution >= 4 is 17.6 Å². The van der Waals surface area contributed by atoms with Crippen LogP contribution in [0.25, 0.3) is 0 Å². The maximum Gasteiger partial charge on any atom is 0.308 e. The van der Waals surface area contributed by atoms with Crippen molar-refractivity contribution in [3.8, 4) is 0 Å². The van der Waals surface area contributed by atoms with Crippen molar-refractivity contribution in [3.05, 3.63) is 0 Å². The average molecular weight is 237 g/mol. The molecule has 5 heteroatoms. The number of hydrogen-bond acceptors (Lipinski definition) is 4. The lowest BCUT2D eigenvalue weighted by Gasteiger charge is -2.39. The highest BCUT2D eigenvalue weighted by molar-refractivity contribution is 6.18. The van der Waals surface area contributed by atoms with E-state index in [0.717, 1.165) is 0 Å². The van der Waals surface area contributed by atoms with E-state index in [2.05, 4.69) is 4.74 Å². The van der Waals surface area contributed by atoms with Crippen molar-refractivity contribution < 1.29 is 19.0 Å². The molecule has 1 saturated heterocycles. The molecule has 0 aromatic carbocycles. The highest BCUT2D eigenvalue weighted by atomic mass is 35.5. The van der Waals surface area contributed by atoms with Crippen LogP contribution < -0.4 is 0 Å². The standard InChI is InChI=1S/C10H17ClO4/c1-10(2)14-7(5-9(12)13-3)4-8(6-11)15-10/h7-8H,4-6H2,1-3H3/t7-,8?/m0/s1. The number of esters is 1.